The van der Waals surface area contributed by atoms with Crippen LogP contribution in [-0.2, 0) is 16.1 Å². The number of carbonyl (C=O) groups is 2. The van der Waals surface area contributed by atoms with E-state index in [1.54, 1.807) is 61.7 Å². The van der Waals surface area contributed by atoms with Gasteiger partial charge in [0.15, 0.2) is 0 Å². The van der Waals surface area contributed by atoms with Gasteiger partial charge >= 0.3 is 0 Å². The van der Waals surface area contributed by atoms with E-state index in [-0.39, 0.29) is 17.9 Å². The minimum atomic E-state index is -0.788. The maximum absolute atomic E-state index is 13.3. The van der Waals surface area contributed by atoms with E-state index in [9.17, 15) is 14.7 Å². The van der Waals surface area contributed by atoms with Crippen molar-refractivity contribution in [1.29, 1.82) is 0 Å². The number of carbonyl (C=O) groups excluding carboxylic acids is 2. The summed E-state index contributed by atoms with van der Waals surface area (Å²) in [6.45, 7) is 2.59. The number of likely N-dealkylation sites (tertiary alicyclic amines) is 1. The van der Waals surface area contributed by atoms with Gasteiger partial charge in [-0.15, -0.1) is 0 Å². The summed E-state index contributed by atoms with van der Waals surface area (Å²) in [6.07, 6.45) is 0. The highest BCUT2D eigenvalue weighted by atomic mass is 79.9. The fourth-order valence-corrected chi connectivity index (χ4v) is 4.74. The van der Waals surface area contributed by atoms with Crippen molar-refractivity contribution in [2.75, 3.05) is 20.8 Å². The molecule has 0 aromatic heterocycles. The first-order valence-corrected chi connectivity index (χ1v) is 12.1. The number of amides is 1. The van der Waals surface area contributed by atoms with Gasteiger partial charge in [0.25, 0.3) is 11.7 Å². The Balaban J connectivity index is 1.82. The van der Waals surface area contributed by atoms with Crippen molar-refractivity contribution in [2.24, 2.45) is 0 Å². The van der Waals surface area contributed by atoms with Crippen molar-refractivity contribution < 1.29 is 28.9 Å². The molecule has 4 rings (SSSR count). The van der Waals surface area contributed by atoms with E-state index in [0.29, 0.717) is 39.5 Å². The molecular weight excluding hydrogens is 526 g/mol. The predicted octanol–water partition coefficient (Wildman–Crippen LogP) is 5.49. The molecule has 0 bridgehead atoms. The topological polar surface area (TPSA) is 85.3 Å². The Bertz CT molecular complexity index is 1300. The number of aliphatic hydroxyl groups excluding tert-OH is 1. The maximum atomic E-state index is 13.3. The average molecular weight is 552 g/mol. The highest BCUT2D eigenvalue weighted by Crippen LogP contribution is 2.41. The number of nitrogens with zero attached hydrogens (tertiary/aromatic N) is 1. The molecular formula is C28H26BrNO6. The van der Waals surface area contributed by atoms with Crippen LogP contribution in [-0.4, -0.2) is 42.5 Å². The van der Waals surface area contributed by atoms with Crippen LogP contribution in [0.15, 0.2) is 76.8 Å². The van der Waals surface area contributed by atoms with E-state index in [1.807, 2.05) is 19.1 Å². The molecule has 1 N–H and O–H groups in total. The number of rotatable bonds is 8. The summed E-state index contributed by atoms with van der Waals surface area (Å²) < 4.78 is 16.7. The summed E-state index contributed by atoms with van der Waals surface area (Å²) in [5, 5.41) is 11.3. The third-order valence-electron chi connectivity index (χ3n) is 5.98. The van der Waals surface area contributed by atoms with Crippen molar-refractivity contribution in [3.63, 3.8) is 0 Å². The molecule has 1 amide bonds. The Morgan fingerprint density at radius 3 is 2.19 bits per heavy atom. The lowest BCUT2D eigenvalue weighted by atomic mass is 9.95. The molecule has 7 nitrogen and oxygen atoms in total. The minimum Gasteiger partial charge on any atom is -0.507 e. The van der Waals surface area contributed by atoms with Gasteiger partial charge in [-0.1, -0.05) is 24.3 Å². The van der Waals surface area contributed by atoms with E-state index in [4.69, 9.17) is 14.2 Å². The zero-order valence-corrected chi connectivity index (χ0v) is 21.7. The molecule has 8 heteroatoms. The van der Waals surface area contributed by atoms with Gasteiger partial charge in [-0.25, -0.2) is 0 Å². The van der Waals surface area contributed by atoms with Gasteiger partial charge in [-0.05, 0) is 76.4 Å². The smallest absolute Gasteiger partial charge is 0.295 e. The molecule has 0 aliphatic carbocycles. The van der Waals surface area contributed by atoms with Gasteiger partial charge in [0.1, 0.15) is 23.0 Å². The number of Topliss-reactive ketones (excluding diaryl/α,β-unsaturated/α-hetero) is 1. The first kappa shape index (κ1) is 25.3. The third-order valence-corrected chi connectivity index (χ3v) is 6.60. The van der Waals surface area contributed by atoms with E-state index >= 15 is 0 Å². The molecule has 1 atom stereocenters. The van der Waals surface area contributed by atoms with Crippen LogP contribution in [0.1, 0.15) is 29.7 Å². The number of benzene rings is 3. The molecule has 3 aromatic rings. The first-order valence-electron chi connectivity index (χ1n) is 11.4. The predicted molar refractivity (Wildman–Crippen MR) is 139 cm³/mol. The highest BCUT2D eigenvalue weighted by molar-refractivity contribution is 9.10. The van der Waals surface area contributed by atoms with E-state index in [0.717, 1.165) is 5.56 Å². The summed E-state index contributed by atoms with van der Waals surface area (Å²) in [4.78, 5) is 28.0. The number of hydrogen-bond donors (Lipinski definition) is 1. The van der Waals surface area contributed by atoms with Crippen molar-refractivity contribution in [2.45, 2.75) is 19.5 Å². The molecule has 1 fully saturated rings. The zero-order valence-electron chi connectivity index (χ0n) is 20.2. The van der Waals surface area contributed by atoms with Crippen LogP contribution in [0, 0.1) is 0 Å². The Morgan fingerprint density at radius 1 is 0.944 bits per heavy atom. The Hall–Kier alpha value is -3.78. The molecule has 1 aliphatic rings. The number of ketones is 1. The normalized spacial score (nSPS) is 16.8. The summed E-state index contributed by atoms with van der Waals surface area (Å²) >= 11 is 3.42. The van der Waals surface area contributed by atoms with Crippen LogP contribution in [0.4, 0.5) is 0 Å². The molecule has 0 radical (unpaired) electrons. The average Bonchev–Trinajstić information content (AvgIpc) is 3.14. The monoisotopic (exact) mass is 551 g/mol. The number of ether oxygens (including phenoxy) is 3. The van der Waals surface area contributed by atoms with Gasteiger partial charge in [0.05, 0.1) is 36.9 Å². The van der Waals surface area contributed by atoms with Crippen LogP contribution >= 0.6 is 15.9 Å². The Labute approximate surface area is 218 Å². The van der Waals surface area contributed by atoms with Gasteiger partial charge in [0.2, 0.25) is 0 Å². The van der Waals surface area contributed by atoms with Crippen LogP contribution in [0.3, 0.4) is 0 Å². The Kier molecular flexibility index (Phi) is 7.64. The molecule has 1 saturated heterocycles. The maximum Gasteiger partial charge on any atom is 0.295 e. The molecule has 1 unspecified atom stereocenters. The molecule has 1 heterocycles. The first-order chi connectivity index (χ1) is 17.4. The fourth-order valence-electron chi connectivity index (χ4n) is 4.20. The zero-order chi connectivity index (χ0) is 25.8. The Morgan fingerprint density at radius 2 is 1.61 bits per heavy atom. The van der Waals surface area contributed by atoms with Crippen molar-refractivity contribution >= 4 is 33.4 Å². The second kappa shape index (κ2) is 10.9. The molecule has 36 heavy (non-hydrogen) atoms. The molecule has 0 saturated carbocycles. The third kappa shape index (κ3) is 4.95. The minimum absolute atomic E-state index is 0.0229. The van der Waals surface area contributed by atoms with E-state index in [2.05, 4.69) is 15.9 Å². The standard InChI is InChI=1S/C28H26BrNO6/c1-4-36-21-12-7-18(8-13-21)25-24(26(31)19-9-14-23(35-3)22(29)15-19)27(32)28(33)30(25)16-17-5-10-20(34-2)11-6-17/h5-15,25,31H,4,16H2,1-3H3/b26-24-. The number of aliphatic hydroxyl groups is 1. The largest absolute Gasteiger partial charge is 0.507 e. The summed E-state index contributed by atoms with van der Waals surface area (Å²) in [5.74, 6) is 0.259. The summed E-state index contributed by atoms with van der Waals surface area (Å²) in [5.41, 5.74) is 1.91. The van der Waals surface area contributed by atoms with E-state index in [1.165, 1.54) is 12.0 Å². The van der Waals surface area contributed by atoms with Gasteiger partial charge < -0.3 is 24.2 Å². The SMILES string of the molecule is CCOc1ccc(C2/C(=C(/O)c3ccc(OC)c(Br)c3)C(=O)C(=O)N2Cc2ccc(OC)cc2)cc1. The van der Waals surface area contributed by atoms with Crippen molar-refractivity contribution in [3.05, 3.63) is 93.5 Å². The van der Waals surface area contributed by atoms with Gasteiger partial charge in [0, 0.05) is 12.1 Å². The lowest BCUT2D eigenvalue weighted by Crippen LogP contribution is -2.29. The van der Waals surface area contributed by atoms with Crippen LogP contribution in [0.25, 0.3) is 5.76 Å². The van der Waals surface area contributed by atoms with Crippen molar-refractivity contribution in [1.82, 2.24) is 4.90 Å². The molecule has 186 valence electrons. The van der Waals surface area contributed by atoms with Crippen LogP contribution in [0.2, 0.25) is 0 Å². The number of halogens is 1. The summed E-state index contributed by atoms with van der Waals surface area (Å²) in [7, 11) is 3.12. The number of methoxy groups -OCH3 is 2. The van der Waals surface area contributed by atoms with Crippen LogP contribution in [0.5, 0.6) is 17.2 Å². The van der Waals surface area contributed by atoms with Gasteiger partial charge in [-0.2, -0.15) is 0 Å². The number of hydrogen-bond acceptors (Lipinski definition) is 6. The highest BCUT2D eigenvalue weighted by Gasteiger charge is 2.46. The quantitative estimate of drug-likeness (QED) is 0.226. The molecule has 0 spiro atoms. The molecule has 3 aromatic carbocycles. The molecule has 1 aliphatic heterocycles. The second-order valence-corrected chi connectivity index (χ2v) is 8.98. The second-order valence-electron chi connectivity index (χ2n) is 8.13. The van der Waals surface area contributed by atoms with Gasteiger partial charge in [-0.3, -0.25) is 9.59 Å². The fraction of sp³-hybridized carbons (Fsp3) is 0.214. The van der Waals surface area contributed by atoms with Crippen molar-refractivity contribution in [3.8, 4) is 17.2 Å². The summed E-state index contributed by atoms with van der Waals surface area (Å²) in [6, 6.07) is 18.7. The van der Waals surface area contributed by atoms with E-state index < -0.39 is 17.7 Å². The lowest BCUT2D eigenvalue weighted by Gasteiger charge is -2.25. The lowest BCUT2D eigenvalue weighted by molar-refractivity contribution is -0.140. The van der Waals surface area contributed by atoms with Crippen LogP contribution < -0.4 is 14.2 Å².